The largest absolute Gasteiger partial charge is 0.466 e. The molecule has 6 heteroatoms. The van der Waals surface area contributed by atoms with Crippen LogP contribution in [0.4, 0.5) is 0 Å². The topological polar surface area (TPSA) is 67.9 Å². The predicted molar refractivity (Wildman–Crippen MR) is 211 cm³/mol. The molecule has 292 valence electrons. The van der Waals surface area contributed by atoms with Crippen molar-refractivity contribution >= 4 is 11.9 Å². The van der Waals surface area contributed by atoms with E-state index in [1.165, 1.54) is 154 Å². The molecule has 0 aliphatic rings. The Morgan fingerprint density at radius 3 is 1.43 bits per heavy atom. The molecule has 49 heavy (non-hydrogen) atoms. The standard InChI is InChI=1S/C43H86N2O4/c1-5-8-11-14-15-23-30-40-48-42(46)34-26-19-16-21-28-37-45(39-31-36-44-4)38-29-22-17-20-27-35-43(47)49-41(32-24-13-10-7-3)33-25-18-12-9-6-2/h41,44H,5-40H2,1-4H3. The van der Waals surface area contributed by atoms with Gasteiger partial charge in [0.1, 0.15) is 6.10 Å². The monoisotopic (exact) mass is 695 g/mol. The molecule has 0 aliphatic carbocycles. The van der Waals surface area contributed by atoms with Crippen LogP contribution in [0.3, 0.4) is 0 Å². The van der Waals surface area contributed by atoms with E-state index in [4.69, 9.17) is 9.47 Å². The number of carbonyl (C=O) groups is 2. The number of nitrogens with one attached hydrogen (secondary N) is 1. The van der Waals surface area contributed by atoms with Gasteiger partial charge in [-0.25, -0.2) is 0 Å². The minimum absolute atomic E-state index is 0.00747. The summed E-state index contributed by atoms with van der Waals surface area (Å²) in [6.45, 7) is 11.9. The minimum atomic E-state index is -0.00747. The Hall–Kier alpha value is -1.14. The van der Waals surface area contributed by atoms with Gasteiger partial charge < -0.3 is 19.7 Å². The molecule has 1 atom stereocenters. The van der Waals surface area contributed by atoms with Gasteiger partial charge in [0.2, 0.25) is 0 Å². The Bertz CT molecular complexity index is 689. The fourth-order valence-corrected chi connectivity index (χ4v) is 6.68. The van der Waals surface area contributed by atoms with Crippen molar-refractivity contribution in [1.29, 1.82) is 0 Å². The predicted octanol–water partition coefficient (Wildman–Crippen LogP) is 12.1. The first kappa shape index (κ1) is 47.9. The highest BCUT2D eigenvalue weighted by atomic mass is 16.5. The van der Waals surface area contributed by atoms with Crippen LogP contribution in [0.1, 0.15) is 220 Å². The summed E-state index contributed by atoms with van der Waals surface area (Å²) in [5.41, 5.74) is 0. The zero-order valence-electron chi connectivity index (χ0n) is 33.6. The third-order valence-electron chi connectivity index (χ3n) is 9.93. The molecule has 1 unspecified atom stereocenters. The summed E-state index contributed by atoms with van der Waals surface area (Å²) in [4.78, 5) is 27.3. The molecule has 1 N–H and O–H groups in total. The van der Waals surface area contributed by atoms with E-state index in [9.17, 15) is 9.59 Å². The minimum Gasteiger partial charge on any atom is -0.466 e. The van der Waals surface area contributed by atoms with Gasteiger partial charge in [-0.1, -0.05) is 143 Å². The van der Waals surface area contributed by atoms with Crippen molar-refractivity contribution in [3.8, 4) is 0 Å². The van der Waals surface area contributed by atoms with Gasteiger partial charge in [0, 0.05) is 12.8 Å². The summed E-state index contributed by atoms with van der Waals surface area (Å²) < 4.78 is 11.4. The first-order valence-corrected chi connectivity index (χ1v) is 21.8. The molecule has 0 aromatic rings. The lowest BCUT2D eigenvalue weighted by Crippen LogP contribution is -2.29. The Morgan fingerprint density at radius 2 is 0.898 bits per heavy atom. The van der Waals surface area contributed by atoms with Crippen LogP contribution >= 0.6 is 0 Å². The fourth-order valence-electron chi connectivity index (χ4n) is 6.68. The molecule has 0 heterocycles. The maximum Gasteiger partial charge on any atom is 0.306 e. The molecular formula is C43H86N2O4. The van der Waals surface area contributed by atoms with Gasteiger partial charge in [-0.3, -0.25) is 9.59 Å². The van der Waals surface area contributed by atoms with Crippen LogP contribution in [0, 0.1) is 0 Å². The summed E-state index contributed by atoms with van der Waals surface area (Å²) in [6.07, 6.45) is 36.2. The van der Waals surface area contributed by atoms with Gasteiger partial charge in [-0.2, -0.15) is 0 Å². The molecule has 0 amide bonds. The summed E-state index contributed by atoms with van der Waals surface area (Å²) in [5, 5.41) is 3.29. The van der Waals surface area contributed by atoms with E-state index in [1.807, 2.05) is 7.05 Å². The smallest absolute Gasteiger partial charge is 0.306 e. The Labute approximate surface area is 306 Å². The summed E-state index contributed by atoms with van der Waals surface area (Å²) in [7, 11) is 2.04. The number of esters is 2. The number of ether oxygens (including phenoxy) is 2. The number of rotatable bonds is 40. The number of unbranched alkanes of at least 4 members (excludes halogenated alkanes) is 21. The SMILES string of the molecule is CCCCCCCCCOC(=O)CCCCCCCN(CCCCCCCC(=O)OC(CCCCCC)CCCCCCC)CCCNC. The van der Waals surface area contributed by atoms with Crippen LogP contribution in [-0.2, 0) is 19.1 Å². The molecule has 0 rings (SSSR count). The molecule has 0 radical (unpaired) electrons. The van der Waals surface area contributed by atoms with E-state index in [2.05, 4.69) is 31.0 Å². The van der Waals surface area contributed by atoms with E-state index < -0.39 is 0 Å². The molecule has 0 saturated carbocycles. The van der Waals surface area contributed by atoms with Crippen LogP contribution in [-0.4, -0.2) is 62.8 Å². The second-order valence-electron chi connectivity index (χ2n) is 14.8. The Balaban J connectivity index is 4.02. The molecule has 0 spiro atoms. The maximum absolute atomic E-state index is 12.6. The normalized spacial score (nSPS) is 12.1. The van der Waals surface area contributed by atoms with Gasteiger partial charge in [-0.05, 0) is 97.4 Å². The molecule has 0 fully saturated rings. The highest BCUT2D eigenvalue weighted by Crippen LogP contribution is 2.18. The number of hydrogen-bond acceptors (Lipinski definition) is 6. The first-order chi connectivity index (χ1) is 24.1. The first-order valence-electron chi connectivity index (χ1n) is 21.8. The van der Waals surface area contributed by atoms with Gasteiger partial charge in [0.15, 0.2) is 0 Å². The molecule has 6 nitrogen and oxygen atoms in total. The van der Waals surface area contributed by atoms with Crippen LogP contribution in [0.15, 0.2) is 0 Å². The van der Waals surface area contributed by atoms with Crippen molar-refractivity contribution in [3.63, 3.8) is 0 Å². The second-order valence-corrected chi connectivity index (χ2v) is 14.8. The second kappa shape index (κ2) is 39.6. The third-order valence-corrected chi connectivity index (χ3v) is 9.93. The van der Waals surface area contributed by atoms with Gasteiger partial charge >= 0.3 is 11.9 Å². The van der Waals surface area contributed by atoms with Gasteiger partial charge in [0.05, 0.1) is 6.61 Å². The number of nitrogens with zero attached hydrogens (tertiary/aromatic N) is 1. The highest BCUT2D eigenvalue weighted by Gasteiger charge is 2.14. The van der Waals surface area contributed by atoms with E-state index in [0.29, 0.717) is 19.4 Å². The lowest BCUT2D eigenvalue weighted by atomic mass is 10.0. The zero-order valence-corrected chi connectivity index (χ0v) is 33.6. The molecule has 0 aromatic carbocycles. The van der Waals surface area contributed by atoms with Crippen molar-refractivity contribution in [2.24, 2.45) is 0 Å². The van der Waals surface area contributed by atoms with Crippen molar-refractivity contribution in [2.75, 3.05) is 39.8 Å². The lowest BCUT2D eigenvalue weighted by Gasteiger charge is -2.22. The van der Waals surface area contributed by atoms with Crippen molar-refractivity contribution < 1.29 is 19.1 Å². The molecular weight excluding hydrogens is 608 g/mol. The summed E-state index contributed by atoms with van der Waals surface area (Å²) in [5.74, 6) is 0.0235. The van der Waals surface area contributed by atoms with Crippen molar-refractivity contribution in [3.05, 3.63) is 0 Å². The third kappa shape index (κ3) is 36.5. The quantitative estimate of drug-likeness (QED) is 0.0509. The van der Waals surface area contributed by atoms with Gasteiger partial charge in [0.25, 0.3) is 0 Å². The van der Waals surface area contributed by atoms with E-state index in [0.717, 1.165) is 58.0 Å². The average molecular weight is 695 g/mol. The lowest BCUT2D eigenvalue weighted by molar-refractivity contribution is -0.150. The molecule has 0 bridgehead atoms. The Kier molecular flexibility index (Phi) is 38.7. The molecule has 0 aliphatic heterocycles. The number of carbonyl (C=O) groups excluding carboxylic acids is 2. The zero-order chi connectivity index (χ0) is 35.9. The Morgan fingerprint density at radius 1 is 0.490 bits per heavy atom. The van der Waals surface area contributed by atoms with Crippen molar-refractivity contribution in [1.82, 2.24) is 10.2 Å². The molecule has 0 aromatic heterocycles. The molecule has 0 saturated heterocycles. The maximum atomic E-state index is 12.6. The highest BCUT2D eigenvalue weighted by molar-refractivity contribution is 5.69. The van der Waals surface area contributed by atoms with Crippen molar-refractivity contribution in [2.45, 2.75) is 226 Å². The van der Waals surface area contributed by atoms with E-state index in [1.54, 1.807) is 0 Å². The van der Waals surface area contributed by atoms with Crippen LogP contribution in [0.5, 0.6) is 0 Å². The van der Waals surface area contributed by atoms with Crippen LogP contribution < -0.4 is 5.32 Å². The van der Waals surface area contributed by atoms with E-state index in [-0.39, 0.29) is 18.0 Å². The average Bonchev–Trinajstić information content (AvgIpc) is 3.09. The number of hydrogen-bond donors (Lipinski definition) is 1. The van der Waals surface area contributed by atoms with Crippen LogP contribution in [0.25, 0.3) is 0 Å². The van der Waals surface area contributed by atoms with Crippen LogP contribution in [0.2, 0.25) is 0 Å². The summed E-state index contributed by atoms with van der Waals surface area (Å²) >= 11 is 0. The van der Waals surface area contributed by atoms with Gasteiger partial charge in [-0.15, -0.1) is 0 Å². The van der Waals surface area contributed by atoms with E-state index >= 15 is 0 Å². The fraction of sp³-hybridized carbons (Fsp3) is 0.953. The summed E-state index contributed by atoms with van der Waals surface area (Å²) in [6, 6.07) is 0.